The Balaban J connectivity index is 1.69. The van der Waals surface area contributed by atoms with Crippen LogP contribution >= 0.6 is 0 Å². The molecule has 1 aromatic carbocycles. The first-order chi connectivity index (χ1) is 10.8. The average molecular weight is 295 g/mol. The Morgan fingerprint density at radius 3 is 2.41 bits per heavy atom. The van der Waals surface area contributed by atoms with Crippen molar-refractivity contribution in [2.45, 2.75) is 18.9 Å². The molecule has 0 aliphatic carbocycles. The van der Waals surface area contributed by atoms with E-state index in [1.165, 1.54) is 0 Å². The molecule has 1 N–H and O–H groups in total. The van der Waals surface area contributed by atoms with Gasteiger partial charge in [0.1, 0.15) is 11.5 Å². The van der Waals surface area contributed by atoms with Gasteiger partial charge < -0.3 is 14.2 Å². The molecule has 2 heterocycles. The Morgan fingerprint density at radius 1 is 0.955 bits per heavy atom. The van der Waals surface area contributed by atoms with E-state index in [1.54, 1.807) is 18.6 Å². The molecule has 2 aromatic heterocycles. The summed E-state index contributed by atoms with van der Waals surface area (Å²) in [7, 11) is 0. The molecule has 0 spiro atoms. The third-order valence-electron chi connectivity index (χ3n) is 3.52. The molecule has 3 aromatic rings. The average Bonchev–Trinajstić information content (AvgIpc) is 3.25. The summed E-state index contributed by atoms with van der Waals surface area (Å²) in [5, 5.41) is 2.87. The van der Waals surface area contributed by atoms with Crippen molar-refractivity contribution in [2.75, 3.05) is 0 Å². The first kappa shape index (κ1) is 14.2. The Bertz CT molecular complexity index is 687. The van der Waals surface area contributed by atoms with Crippen LogP contribution in [0.5, 0.6) is 0 Å². The van der Waals surface area contributed by atoms with Crippen LogP contribution in [0.25, 0.3) is 0 Å². The minimum Gasteiger partial charge on any atom is -0.469 e. The smallest absolute Gasteiger partial charge is 0.221 e. The SMILES string of the molecule is O=C(CC(c1ccccc1)c1ccco1)NCc1ccco1. The van der Waals surface area contributed by atoms with E-state index in [2.05, 4.69) is 5.32 Å². The monoisotopic (exact) mass is 295 g/mol. The van der Waals surface area contributed by atoms with Gasteiger partial charge in [-0.2, -0.15) is 0 Å². The van der Waals surface area contributed by atoms with Gasteiger partial charge in [-0.1, -0.05) is 30.3 Å². The number of carbonyl (C=O) groups is 1. The van der Waals surface area contributed by atoms with Gasteiger partial charge in [-0.3, -0.25) is 4.79 Å². The quantitative estimate of drug-likeness (QED) is 0.754. The third kappa shape index (κ3) is 3.47. The van der Waals surface area contributed by atoms with Crippen molar-refractivity contribution < 1.29 is 13.6 Å². The van der Waals surface area contributed by atoms with Crippen LogP contribution in [0.1, 0.15) is 29.4 Å². The Labute approximate surface area is 128 Å². The molecule has 1 amide bonds. The lowest BCUT2D eigenvalue weighted by molar-refractivity contribution is -0.121. The summed E-state index contributed by atoms with van der Waals surface area (Å²) in [4.78, 5) is 12.2. The molecule has 0 aliphatic heterocycles. The number of furan rings is 2. The lowest BCUT2D eigenvalue weighted by Gasteiger charge is -2.14. The van der Waals surface area contributed by atoms with E-state index in [4.69, 9.17) is 8.83 Å². The van der Waals surface area contributed by atoms with Crippen molar-refractivity contribution in [3.63, 3.8) is 0 Å². The van der Waals surface area contributed by atoms with E-state index in [1.807, 2.05) is 48.5 Å². The molecule has 112 valence electrons. The summed E-state index contributed by atoms with van der Waals surface area (Å²) < 4.78 is 10.7. The van der Waals surface area contributed by atoms with Crippen LogP contribution in [0.2, 0.25) is 0 Å². The zero-order valence-electron chi connectivity index (χ0n) is 12.1. The van der Waals surface area contributed by atoms with Crippen molar-refractivity contribution in [3.05, 3.63) is 84.2 Å². The summed E-state index contributed by atoms with van der Waals surface area (Å²) in [5.41, 5.74) is 1.06. The highest BCUT2D eigenvalue weighted by Gasteiger charge is 2.20. The maximum absolute atomic E-state index is 12.2. The normalized spacial score (nSPS) is 12.0. The summed E-state index contributed by atoms with van der Waals surface area (Å²) >= 11 is 0. The van der Waals surface area contributed by atoms with Crippen molar-refractivity contribution in [1.29, 1.82) is 0 Å². The number of hydrogen-bond acceptors (Lipinski definition) is 3. The zero-order chi connectivity index (χ0) is 15.2. The molecule has 0 radical (unpaired) electrons. The number of amides is 1. The highest BCUT2D eigenvalue weighted by molar-refractivity contribution is 5.77. The van der Waals surface area contributed by atoms with Crippen LogP contribution in [-0.2, 0) is 11.3 Å². The van der Waals surface area contributed by atoms with Gasteiger partial charge in [-0.15, -0.1) is 0 Å². The fourth-order valence-electron chi connectivity index (χ4n) is 2.41. The van der Waals surface area contributed by atoms with E-state index < -0.39 is 0 Å². The van der Waals surface area contributed by atoms with Gasteiger partial charge in [0.05, 0.1) is 25.0 Å². The Morgan fingerprint density at radius 2 is 1.73 bits per heavy atom. The molecule has 22 heavy (non-hydrogen) atoms. The van der Waals surface area contributed by atoms with E-state index in [0.29, 0.717) is 13.0 Å². The molecule has 3 rings (SSSR count). The molecule has 0 aliphatic rings. The minimum absolute atomic E-state index is 0.0401. The maximum Gasteiger partial charge on any atom is 0.221 e. The number of nitrogens with one attached hydrogen (secondary N) is 1. The second-order valence-corrected chi connectivity index (χ2v) is 5.04. The summed E-state index contributed by atoms with van der Waals surface area (Å²) in [6, 6.07) is 17.3. The lowest BCUT2D eigenvalue weighted by Crippen LogP contribution is -2.24. The fraction of sp³-hybridized carbons (Fsp3) is 0.167. The van der Waals surface area contributed by atoms with Gasteiger partial charge in [0.15, 0.2) is 0 Å². The molecule has 0 bridgehead atoms. The molecular weight excluding hydrogens is 278 g/mol. The van der Waals surface area contributed by atoms with E-state index in [0.717, 1.165) is 17.1 Å². The molecule has 4 nitrogen and oxygen atoms in total. The Hall–Kier alpha value is -2.75. The van der Waals surface area contributed by atoms with Gasteiger partial charge in [0.25, 0.3) is 0 Å². The second-order valence-electron chi connectivity index (χ2n) is 5.04. The molecular formula is C18H17NO3. The molecule has 0 fully saturated rings. The van der Waals surface area contributed by atoms with Crippen LogP contribution < -0.4 is 5.32 Å². The number of hydrogen-bond donors (Lipinski definition) is 1. The van der Waals surface area contributed by atoms with Crippen molar-refractivity contribution in [1.82, 2.24) is 5.32 Å². The second kappa shape index (κ2) is 6.80. The number of benzene rings is 1. The number of rotatable bonds is 6. The van der Waals surface area contributed by atoms with Gasteiger partial charge in [-0.25, -0.2) is 0 Å². The predicted octanol–water partition coefficient (Wildman–Crippen LogP) is 3.71. The van der Waals surface area contributed by atoms with Crippen molar-refractivity contribution >= 4 is 5.91 Å². The predicted molar refractivity (Wildman–Crippen MR) is 82.2 cm³/mol. The third-order valence-corrected chi connectivity index (χ3v) is 3.52. The molecule has 4 heteroatoms. The van der Waals surface area contributed by atoms with Gasteiger partial charge >= 0.3 is 0 Å². The van der Waals surface area contributed by atoms with Crippen molar-refractivity contribution in [3.8, 4) is 0 Å². The van der Waals surface area contributed by atoms with Crippen LogP contribution in [-0.4, -0.2) is 5.91 Å². The van der Waals surface area contributed by atoms with Gasteiger partial charge in [0, 0.05) is 6.42 Å². The maximum atomic E-state index is 12.2. The molecule has 1 atom stereocenters. The van der Waals surface area contributed by atoms with Gasteiger partial charge in [0.2, 0.25) is 5.91 Å². The first-order valence-corrected chi connectivity index (χ1v) is 7.20. The molecule has 0 saturated heterocycles. The standard InChI is InChI=1S/C18H17NO3/c20-18(19-13-15-8-4-10-21-15)12-16(17-9-5-11-22-17)14-6-2-1-3-7-14/h1-11,16H,12-13H2,(H,19,20). The lowest BCUT2D eigenvalue weighted by atomic mass is 9.93. The number of carbonyl (C=O) groups excluding carboxylic acids is 1. The van der Waals surface area contributed by atoms with Gasteiger partial charge in [-0.05, 0) is 29.8 Å². The minimum atomic E-state index is -0.0900. The van der Waals surface area contributed by atoms with E-state index in [-0.39, 0.29) is 11.8 Å². The van der Waals surface area contributed by atoms with Crippen LogP contribution in [0, 0.1) is 0 Å². The Kier molecular flexibility index (Phi) is 4.39. The van der Waals surface area contributed by atoms with Crippen LogP contribution in [0.4, 0.5) is 0 Å². The largest absolute Gasteiger partial charge is 0.469 e. The van der Waals surface area contributed by atoms with Crippen LogP contribution in [0.15, 0.2) is 76.0 Å². The summed E-state index contributed by atoms with van der Waals surface area (Å²) in [6.45, 7) is 0.394. The summed E-state index contributed by atoms with van der Waals surface area (Å²) in [5.74, 6) is 1.40. The molecule has 1 unspecified atom stereocenters. The topological polar surface area (TPSA) is 55.4 Å². The zero-order valence-corrected chi connectivity index (χ0v) is 12.1. The molecule has 0 saturated carbocycles. The fourth-order valence-corrected chi connectivity index (χ4v) is 2.41. The first-order valence-electron chi connectivity index (χ1n) is 7.20. The van der Waals surface area contributed by atoms with E-state index >= 15 is 0 Å². The highest BCUT2D eigenvalue weighted by atomic mass is 16.3. The van der Waals surface area contributed by atoms with Crippen LogP contribution in [0.3, 0.4) is 0 Å². The van der Waals surface area contributed by atoms with Crippen molar-refractivity contribution in [2.24, 2.45) is 0 Å². The summed E-state index contributed by atoms with van der Waals surface area (Å²) in [6.07, 6.45) is 3.56. The highest BCUT2D eigenvalue weighted by Crippen LogP contribution is 2.28. The van der Waals surface area contributed by atoms with E-state index in [9.17, 15) is 4.79 Å².